The maximum absolute atomic E-state index is 11.5. The van der Waals surface area contributed by atoms with Gasteiger partial charge in [-0.2, -0.15) is 0 Å². The lowest BCUT2D eigenvalue weighted by atomic mass is 10.1. The molecule has 0 aliphatic carbocycles. The highest BCUT2D eigenvalue weighted by Gasteiger charge is 2.05. The molecule has 3 nitrogen and oxygen atoms in total. The van der Waals surface area contributed by atoms with Gasteiger partial charge in [0.2, 0.25) is 0 Å². The van der Waals surface area contributed by atoms with E-state index < -0.39 is 0 Å². The number of ether oxygens (including phenoxy) is 1. The number of benzene rings is 1. The molecule has 0 aromatic heterocycles. The van der Waals surface area contributed by atoms with Crippen molar-refractivity contribution < 1.29 is 9.53 Å². The average Bonchev–Trinajstić information content (AvgIpc) is 2.17. The molecule has 1 rings (SSSR count). The number of methoxy groups -OCH3 is 1. The summed E-state index contributed by atoms with van der Waals surface area (Å²) in [6.07, 6.45) is 1.75. The number of hydrogen-bond acceptors (Lipinski definition) is 3. The lowest BCUT2D eigenvalue weighted by Crippen LogP contribution is -2.04. The maximum Gasteiger partial charge on any atom is 0.161 e. The van der Waals surface area contributed by atoms with Crippen LogP contribution >= 0.6 is 0 Å². The molecule has 1 aromatic rings. The summed E-state index contributed by atoms with van der Waals surface area (Å²) in [6, 6.07) is 7.46. The van der Waals surface area contributed by atoms with Crippen LogP contribution in [0.4, 0.5) is 0 Å². The Bertz CT molecular complexity index is 379. The van der Waals surface area contributed by atoms with E-state index in [1.165, 1.54) is 6.08 Å². The second kappa shape index (κ2) is 5.20. The SMILES string of the molecule is COc1ccccc1CC(=O)/C=C(/C)N. The van der Waals surface area contributed by atoms with E-state index >= 15 is 0 Å². The highest BCUT2D eigenvalue weighted by Crippen LogP contribution is 2.17. The summed E-state index contributed by atoms with van der Waals surface area (Å²) >= 11 is 0. The molecule has 0 heterocycles. The van der Waals surface area contributed by atoms with E-state index in [9.17, 15) is 4.79 Å². The van der Waals surface area contributed by atoms with Crippen LogP contribution in [0.2, 0.25) is 0 Å². The van der Waals surface area contributed by atoms with Gasteiger partial charge in [0.25, 0.3) is 0 Å². The van der Waals surface area contributed by atoms with E-state index in [4.69, 9.17) is 10.5 Å². The van der Waals surface area contributed by atoms with Crippen molar-refractivity contribution >= 4 is 5.78 Å². The molecule has 0 bridgehead atoms. The molecule has 0 atom stereocenters. The van der Waals surface area contributed by atoms with Crippen molar-refractivity contribution in [3.8, 4) is 5.75 Å². The summed E-state index contributed by atoms with van der Waals surface area (Å²) in [5.74, 6) is 0.716. The third-order valence-electron chi connectivity index (χ3n) is 1.95. The van der Waals surface area contributed by atoms with Crippen LogP contribution in [-0.4, -0.2) is 12.9 Å². The number of nitrogens with two attached hydrogens (primary N) is 1. The Morgan fingerprint density at radius 2 is 2.13 bits per heavy atom. The first-order chi connectivity index (χ1) is 7.13. The lowest BCUT2D eigenvalue weighted by molar-refractivity contribution is -0.114. The molecule has 0 unspecified atom stereocenters. The van der Waals surface area contributed by atoms with E-state index in [0.29, 0.717) is 12.1 Å². The zero-order valence-corrected chi connectivity index (χ0v) is 8.99. The standard InChI is InChI=1S/C12H15NO2/c1-9(13)7-11(14)8-10-5-3-4-6-12(10)15-2/h3-7H,8,13H2,1-2H3/b9-7-. The molecule has 0 fully saturated rings. The van der Waals surface area contributed by atoms with Crippen molar-refractivity contribution in [1.29, 1.82) is 0 Å². The molecule has 0 radical (unpaired) electrons. The summed E-state index contributed by atoms with van der Waals surface area (Å²) in [7, 11) is 1.59. The van der Waals surface area contributed by atoms with E-state index in [2.05, 4.69) is 0 Å². The highest BCUT2D eigenvalue weighted by atomic mass is 16.5. The molecule has 15 heavy (non-hydrogen) atoms. The predicted molar refractivity (Wildman–Crippen MR) is 59.6 cm³/mol. The van der Waals surface area contributed by atoms with Gasteiger partial charge in [0.05, 0.1) is 7.11 Å². The second-order valence-electron chi connectivity index (χ2n) is 3.34. The third kappa shape index (κ3) is 3.46. The number of ketones is 1. The Kier molecular flexibility index (Phi) is 3.92. The van der Waals surface area contributed by atoms with Crippen molar-refractivity contribution in [2.75, 3.05) is 7.11 Å². The van der Waals surface area contributed by atoms with Gasteiger partial charge in [-0.3, -0.25) is 4.79 Å². The predicted octanol–water partition coefficient (Wildman–Crippen LogP) is 1.67. The Morgan fingerprint density at radius 1 is 1.47 bits per heavy atom. The van der Waals surface area contributed by atoms with Gasteiger partial charge in [-0.1, -0.05) is 18.2 Å². The Balaban J connectivity index is 2.80. The van der Waals surface area contributed by atoms with Crippen molar-refractivity contribution in [1.82, 2.24) is 0 Å². The van der Waals surface area contributed by atoms with Crippen molar-refractivity contribution in [3.05, 3.63) is 41.6 Å². The largest absolute Gasteiger partial charge is 0.496 e. The first-order valence-corrected chi connectivity index (χ1v) is 4.72. The van der Waals surface area contributed by atoms with Gasteiger partial charge in [0.1, 0.15) is 5.75 Å². The van der Waals surface area contributed by atoms with E-state index in [-0.39, 0.29) is 5.78 Å². The summed E-state index contributed by atoms with van der Waals surface area (Å²) in [4.78, 5) is 11.5. The van der Waals surface area contributed by atoms with Crippen LogP contribution in [0, 0.1) is 0 Å². The van der Waals surface area contributed by atoms with Gasteiger partial charge >= 0.3 is 0 Å². The van der Waals surface area contributed by atoms with Crippen LogP contribution in [0.1, 0.15) is 12.5 Å². The Hall–Kier alpha value is -1.77. The minimum absolute atomic E-state index is 0.0144. The summed E-state index contributed by atoms with van der Waals surface area (Å²) in [6.45, 7) is 1.69. The van der Waals surface area contributed by atoms with Crippen LogP contribution in [0.25, 0.3) is 0 Å². The molecule has 80 valence electrons. The molecule has 2 N–H and O–H groups in total. The molecule has 0 saturated heterocycles. The Morgan fingerprint density at radius 3 is 2.73 bits per heavy atom. The zero-order chi connectivity index (χ0) is 11.3. The fourth-order valence-corrected chi connectivity index (χ4v) is 1.34. The van der Waals surface area contributed by atoms with Gasteiger partial charge in [0, 0.05) is 17.7 Å². The highest BCUT2D eigenvalue weighted by molar-refractivity contribution is 5.92. The summed E-state index contributed by atoms with van der Waals surface area (Å²) in [5.41, 5.74) is 6.83. The lowest BCUT2D eigenvalue weighted by Gasteiger charge is -2.05. The average molecular weight is 205 g/mol. The monoisotopic (exact) mass is 205 g/mol. The van der Waals surface area contributed by atoms with Crippen LogP contribution in [0.5, 0.6) is 5.75 Å². The van der Waals surface area contributed by atoms with Crippen molar-refractivity contribution in [2.45, 2.75) is 13.3 Å². The molecular weight excluding hydrogens is 190 g/mol. The van der Waals surface area contributed by atoms with Gasteiger partial charge in [-0.25, -0.2) is 0 Å². The number of carbonyl (C=O) groups is 1. The molecule has 0 aliphatic rings. The molecule has 0 amide bonds. The molecule has 1 aromatic carbocycles. The van der Waals surface area contributed by atoms with Gasteiger partial charge in [-0.05, 0) is 19.1 Å². The Labute approximate surface area is 89.5 Å². The van der Waals surface area contributed by atoms with E-state index in [0.717, 1.165) is 11.3 Å². The number of carbonyl (C=O) groups excluding carboxylic acids is 1. The fraction of sp³-hybridized carbons (Fsp3) is 0.250. The topological polar surface area (TPSA) is 52.3 Å². The first-order valence-electron chi connectivity index (χ1n) is 4.72. The van der Waals surface area contributed by atoms with E-state index in [1.807, 2.05) is 24.3 Å². The number of rotatable bonds is 4. The number of hydrogen-bond donors (Lipinski definition) is 1. The second-order valence-corrected chi connectivity index (χ2v) is 3.34. The van der Waals surface area contributed by atoms with Crippen molar-refractivity contribution in [3.63, 3.8) is 0 Å². The van der Waals surface area contributed by atoms with Crippen LogP contribution < -0.4 is 10.5 Å². The molecule has 0 aliphatic heterocycles. The molecular formula is C12H15NO2. The van der Waals surface area contributed by atoms with Crippen LogP contribution in [0.3, 0.4) is 0 Å². The zero-order valence-electron chi connectivity index (χ0n) is 8.99. The summed E-state index contributed by atoms with van der Waals surface area (Å²) in [5, 5.41) is 0. The molecule has 0 saturated carbocycles. The smallest absolute Gasteiger partial charge is 0.161 e. The van der Waals surface area contributed by atoms with Crippen LogP contribution in [0.15, 0.2) is 36.0 Å². The van der Waals surface area contributed by atoms with Gasteiger partial charge < -0.3 is 10.5 Å². The van der Waals surface area contributed by atoms with Gasteiger partial charge in [0.15, 0.2) is 5.78 Å². The molecule has 0 spiro atoms. The minimum Gasteiger partial charge on any atom is -0.496 e. The fourth-order valence-electron chi connectivity index (χ4n) is 1.34. The molecule has 3 heteroatoms. The van der Waals surface area contributed by atoms with Crippen molar-refractivity contribution in [2.24, 2.45) is 5.73 Å². The van der Waals surface area contributed by atoms with E-state index in [1.54, 1.807) is 14.0 Å². The minimum atomic E-state index is -0.0144. The van der Waals surface area contributed by atoms with Gasteiger partial charge in [-0.15, -0.1) is 0 Å². The normalized spacial score (nSPS) is 11.2. The quantitative estimate of drug-likeness (QED) is 0.761. The van der Waals surface area contributed by atoms with Crippen LogP contribution in [-0.2, 0) is 11.2 Å². The first kappa shape index (κ1) is 11.3. The summed E-state index contributed by atoms with van der Waals surface area (Å²) < 4.78 is 5.15. The number of para-hydroxylation sites is 1. The maximum atomic E-state index is 11.5. The third-order valence-corrected chi connectivity index (χ3v) is 1.95. The number of allylic oxidation sites excluding steroid dienone is 2.